The Balaban J connectivity index is 1.25. The van der Waals surface area contributed by atoms with Crippen LogP contribution in [0.5, 0.6) is 0 Å². The van der Waals surface area contributed by atoms with Gasteiger partial charge in [0.15, 0.2) is 6.10 Å². The summed E-state index contributed by atoms with van der Waals surface area (Å²) in [5, 5.41) is 24.7. The van der Waals surface area contributed by atoms with E-state index >= 15 is 0 Å². The Labute approximate surface area is 358 Å². The molecular weight excluding hydrogens is 761 g/mol. The van der Waals surface area contributed by atoms with E-state index in [1.54, 1.807) is 18.2 Å². The summed E-state index contributed by atoms with van der Waals surface area (Å²) in [5.41, 5.74) is 6.48. The highest BCUT2D eigenvalue weighted by Crippen LogP contribution is 2.38. The molecule has 3 fully saturated rings. The van der Waals surface area contributed by atoms with E-state index in [4.69, 9.17) is 29.4 Å². The molecule has 11 heteroatoms. The van der Waals surface area contributed by atoms with Gasteiger partial charge in [-0.05, 0) is 81.8 Å². The van der Waals surface area contributed by atoms with Crippen LogP contribution in [0, 0.1) is 17.8 Å². The van der Waals surface area contributed by atoms with Crippen LogP contribution in [0.4, 0.5) is 0 Å². The highest BCUT2D eigenvalue weighted by atomic mass is 16.6. The summed E-state index contributed by atoms with van der Waals surface area (Å²) in [4.78, 5) is 25.0. The van der Waals surface area contributed by atoms with Gasteiger partial charge in [0, 0.05) is 37.9 Å². The molecule has 6 aliphatic heterocycles. The predicted molar refractivity (Wildman–Crippen MR) is 235 cm³/mol. The number of hydrogen-bond acceptors (Lipinski definition) is 10. The van der Waals surface area contributed by atoms with E-state index in [-0.39, 0.29) is 54.4 Å². The van der Waals surface area contributed by atoms with Crippen LogP contribution in [0.25, 0.3) is 0 Å². The molecule has 6 rings (SSSR count). The Hall–Kier alpha value is -3.42. The molecule has 3 saturated heterocycles. The number of carbonyl (C=O) groups excluding carboxylic acids is 2. The van der Waals surface area contributed by atoms with Crippen LogP contribution < -0.4 is 11.1 Å². The summed E-state index contributed by atoms with van der Waals surface area (Å²) in [7, 11) is 0. The average Bonchev–Trinajstić information content (AvgIpc) is 3.58. The molecule has 6 aliphatic rings. The zero-order valence-electron chi connectivity index (χ0n) is 36.3. The molecular formula is C49H72N2O9. The van der Waals surface area contributed by atoms with Crippen LogP contribution in [-0.2, 0) is 33.3 Å². The number of carbonyl (C=O) groups is 2. The second-order valence-corrected chi connectivity index (χ2v) is 17.3. The Morgan fingerprint density at radius 1 is 0.833 bits per heavy atom. The number of amides is 1. The van der Waals surface area contributed by atoms with Crippen LogP contribution in [0.2, 0.25) is 0 Å². The Kier molecular flexibility index (Phi) is 19.7. The van der Waals surface area contributed by atoms with Gasteiger partial charge in [-0.15, -0.1) is 0 Å². The smallest absolute Gasteiger partial charge is 0.331 e. The first-order chi connectivity index (χ1) is 29.0. The maximum Gasteiger partial charge on any atom is 0.331 e. The summed E-state index contributed by atoms with van der Waals surface area (Å²) in [6.07, 6.45) is 33.3. The van der Waals surface area contributed by atoms with Crippen molar-refractivity contribution in [3.63, 3.8) is 0 Å². The number of aliphatic hydroxyl groups excluding tert-OH is 2. The first kappa shape index (κ1) is 47.6. The van der Waals surface area contributed by atoms with Crippen molar-refractivity contribution in [2.75, 3.05) is 13.1 Å². The van der Waals surface area contributed by atoms with Gasteiger partial charge in [0.1, 0.15) is 24.4 Å². The zero-order valence-corrected chi connectivity index (χ0v) is 36.3. The van der Waals surface area contributed by atoms with E-state index in [2.05, 4.69) is 56.5 Å². The van der Waals surface area contributed by atoms with Crippen molar-refractivity contribution in [3.8, 4) is 0 Å². The molecule has 0 aromatic carbocycles. The molecule has 11 nitrogen and oxygen atoms in total. The van der Waals surface area contributed by atoms with Crippen LogP contribution in [0.15, 0.2) is 96.7 Å². The van der Waals surface area contributed by atoms with E-state index in [0.29, 0.717) is 51.1 Å². The van der Waals surface area contributed by atoms with Gasteiger partial charge >= 0.3 is 5.97 Å². The number of allylic oxidation sites excluding steroid dienone is 7. The minimum Gasteiger partial charge on any atom is -0.452 e. The average molecular weight is 833 g/mol. The monoisotopic (exact) mass is 833 g/mol. The molecule has 0 aliphatic carbocycles. The minimum absolute atomic E-state index is 0.0309. The largest absolute Gasteiger partial charge is 0.452 e. The number of nitrogens with two attached hydrogens (primary N) is 1. The summed E-state index contributed by atoms with van der Waals surface area (Å²) in [5.74, 6) is 0.347. The first-order valence-electron chi connectivity index (χ1n) is 22.5. The van der Waals surface area contributed by atoms with Crippen molar-refractivity contribution in [3.05, 3.63) is 96.7 Å². The summed E-state index contributed by atoms with van der Waals surface area (Å²) in [6, 6.07) is 0. The lowest BCUT2D eigenvalue weighted by Gasteiger charge is -2.37. The maximum atomic E-state index is 13.0. The van der Waals surface area contributed by atoms with E-state index in [9.17, 15) is 19.8 Å². The molecule has 14 atom stereocenters. The lowest BCUT2D eigenvalue weighted by molar-refractivity contribution is -0.148. The van der Waals surface area contributed by atoms with E-state index in [0.717, 1.165) is 44.1 Å². The van der Waals surface area contributed by atoms with Gasteiger partial charge in [0.05, 0.1) is 36.6 Å². The van der Waals surface area contributed by atoms with Crippen molar-refractivity contribution >= 4 is 11.9 Å². The van der Waals surface area contributed by atoms with E-state index in [1.165, 1.54) is 6.08 Å². The number of esters is 1. The predicted octanol–water partition coefficient (Wildman–Crippen LogP) is 6.82. The molecule has 60 heavy (non-hydrogen) atoms. The fourth-order valence-electron chi connectivity index (χ4n) is 8.68. The number of aliphatic hydroxyl groups is 2. The molecule has 0 spiro atoms. The molecule has 5 N–H and O–H groups in total. The van der Waals surface area contributed by atoms with Gasteiger partial charge in [-0.1, -0.05) is 106 Å². The summed E-state index contributed by atoms with van der Waals surface area (Å²) < 4.78 is 31.8. The number of rotatable bonds is 9. The Bertz CT molecular complexity index is 1600. The SMILES string of the molecule is CC(=CC(C)CCCCC(=O)NCCN)C1OC2C=CC1OC(=O)C=CC=CC=CC1OC3CC1OC(C=CCC1OC(CCC1C)C(O)C(O)C=CCCC=CC2)C3C. The van der Waals surface area contributed by atoms with Gasteiger partial charge in [-0.3, -0.25) is 4.79 Å². The van der Waals surface area contributed by atoms with Gasteiger partial charge in [-0.2, -0.15) is 0 Å². The number of fused-ring (bicyclic) bond motifs is 13. The Morgan fingerprint density at radius 3 is 2.47 bits per heavy atom. The first-order valence-corrected chi connectivity index (χ1v) is 22.5. The van der Waals surface area contributed by atoms with Crippen molar-refractivity contribution in [1.29, 1.82) is 0 Å². The van der Waals surface area contributed by atoms with Gasteiger partial charge in [0.2, 0.25) is 5.91 Å². The molecule has 0 aromatic heterocycles. The molecule has 0 aromatic rings. The number of ether oxygens (including phenoxy) is 5. The van der Waals surface area contributed by atoms with Crippen molar-refractivity contribution in [2.24, 2.45) is 23.5 Å². The third-order valence-corrected chi connectivity index (χ3v) is 12.3. The number of unbranched alkanes of at least 4 members (excludes halogenated alkanes) is 1. The lowest BCUT2D eigenvalue weighted by atomic mass is 9.88. The van der Waals surface area contributed by atoms with Crippen molar-refractivity contribution in [1.82, 2.24) is 5.32 Å². The molecule has 0 saturated carbocycles. The third kappa shape index (κ3) is 14.9. The van der Waals surface area contributed by atoms with Crippen LogP contribution in [-0.4, -0.2) is 102 Å². The van der Waals surface area contributed by atoms with Crippen LogP contribution in [0.3, 0.4) is 0 Å². The number of nitrogens with one attached hydrogen (secondary N) is 1. The minimum atomic E-state index is -1.01. The highest BCUT2D eigenvalue weighted by Gasteiger charge is 2.45. The van der Waals surface area contributed by atoms with E-state index in [1.807, 2.05) is 43.4 Å². The van der Waals surface area contributed by atoms with Gasteiger partial charge in [0.25, 0.3) is 0 Å². The topological polar surface area (TPSA) is 159 Å². The van der Waals surface area contributed by atoms with Crippen molar-refractivity contribution < 1.29 is 43.5 Å². The third-order valence-electron chi connectivity index (χ3n) is 12.3. The fraction of sp³-hybridized carbons (Fsp3) is 0.633. The van der Waals surface area contributed by atoms with Gasteiger partial charge in [-0.25, -0.2) is 4.79 Å². The Morgan fingerprint density at radius 2 is 1.63 bits per heavy atom. The summed E-state index contributed by atoms with van der Waals surface area (Å²) in [6.45, 7) is 9.46. The second-order valence-electron chi connectivity index (χ2n) is 17.3. The molecule has 0 radical (unpaired) electrons. The van der Waals surface area contributed by atoms with E-state index < -0.39 is 36.5 Å². The highest BCUT2D eigenvalue weighted by molar-refractivity contribution is 5.82. The molecule has 7 bridgehead atoms. The standard InChI is InChI=1S/C49H72N2O9/c1-33(17-14-15-23-46(53)51-30-29-50)31-35(3)49-43-28-26-37(56-49)18-10-6-5-7-11-19-38(52)48(55)42-27-25-34(2)39(57-42)21-16-22-40-36(4)44-32-45(58-40)41(59-44)20-12-8-9-13-24-47(54)60-43/h6,8-13,16,19-20,22,24,26,28,31,33-34,36-45,48-49,52,55H,5,7,14-15,17-18,21,23,25,27,29-30,32,50H2,1-4H3,(H,51,53). The molecule has 332 valence electrons. The lowest BCUT2D eigenvalue weighted by Crippen LogP contribution is -2.44. The quantitative estimate of drug-likeness (QED) is 0.110. The van der Waals surface area contributed by atoms with Gasteiger partial charge < -0.3 is 44.9 Å². The zero-order chi connectivity index (χ0) is 42.9. The fourth-order valence-corrected chi connectivity index (χ4v) is 8.68. The normalized spacial score (nSPS) is 36.2. The molecule has 1 amide bonds. The van der Waals surface area contributed by atoms with Crippen LogP contribution in [0.1, 0.15) is 98.3 Å². The number of hydrogen-bond donors (Lipinski definition) is 4. The van der Waals surface area contributed by atoms with Crippen molar-refractivity contribution in [2.45, 2.75) is 165 Å². The maximum absolute atomic E-state index is 13.0. The second kappa shape index (κ2) is 24.9. The summed E-state index contributed by atoms with van der Waals surface area (Å²) >= 11 is 0. The molecule has 6 heterocycles. The van der Waals surface area contributed by atoms with Crippen LogP contribution >= 0.6 is 0 Å². The molecule has 14 unspecified atom stereocenters.